The van der Waals surface area contributed by atoms with Gasteiger partial charge in [0.1, 0.15) is 11.4 Å². The van der Waals surface area contributed by atoms with Crippen molar-refractivity contribution in [3.63, 3.8) is 0 Å². The zero-order chi connectivity index (χ0) is 20.6. The number of ether oxygens (including phenoxy) is 1. The lowest BCUT2D eigenvalue weighted by atomic mass is 10.1. The minimum Gasteiger partial charge on any atom is -0.452 e. The Bertz CT molecular complexity index is 918. The summed E-state index contributed by atoms with van der Waals surface area (Å²) in [7, 11) is 0. The molecule has 0 radical (unpaired) electrons. The lowest BCUT2D eigenvalue weighted by Gasteiger charge is -2.23. The van der Waals surface area contributed by atoms with Gasteiger partial charge in [-0.2, -0.15) is 0 Å². The molecule has 0 saturated carbocycles. The van der Waals surface area contributed by atoms with Crippen LogP contribution in [0.4, 0.5) is 4.39 Å². The van der Waals surface area contributed by atoms with Crippen LogP contribution in [0.3, 0.4) is 0 Å². The van der Waals surface area contributed by atoms with Gasteiger partial charge in [0.05, 0.1) is 5.02 Å². The topological polar surface area (TPSA) is 46.6 Å². The molecule has 1 amide bonds. The van der Waals surface area contributed by atoms with Gasteiger partial charge in [-0.3, -0.25) is 4.79 Å². The molecule has 0 atom stereocenters. The minimum absolute atomic E-state index is 0.0622. The standard InChI is InChI=1S/C23H19ClFNO3/c24-19-12-7-13-20(25)22(19)23(28)29-16-21(27)26(14-17-8-3-1-4-9-17)15-18-10-5-2-6-11-18/h1-13H,14-16H2. The van der Waals surface area contributed by atoms with Crippen molar-refractivity contribution in [2.75, 3.05) is 6.61 Å². The van der Waals surface area contributed by atoms with Crippen molar-refractivity contribution in [3.8, 4) is 0 Å². The molecule has 0 bridgehead atoms. The third-order valence-corrected chi connectivity index (χ3v) is 4.59. The molecule has 0 N–H and O–H groups in total. The first kappa shape index (κ1) is 20.6. The van der Waals surface area contributed by atoms with Gasteiger partial charge in [-0.1, -0.05) is 78.3 Å². The molecule has 0 aliphatic heterocycles. The molecule has 148 valence electrons. The van der Waals surface area contributed by atoms with Crippen LogP contribution < -0.4 is 0 Å². The molecule has 0 spiro atoms. The number of halogens is 2. The predicted molar refractivity (Wildman–Crippen MR) is 109 cm³/mol. The molecule has 0 heterocycles. The highest BCUT2D eigenvalue weighted by Crippen LogP contribution is 2.20. The van der Waals surface area contributed by atoms with E-state index in [1.807, 2.05) is 60.7 Å². The molecular weight excluding hydrogens is 393 g/mol. The highest BCUT2D eigenvalue weighted by molar-refractivity contribution is 6.33. The second-order valence-corrected chi connectivity index (χ2v) is 6.80. The number of hydrogen-bond acceptors (Lipinski definition) is 3. The molecule has 0 aliphatic carbocycles. The number of amides is 1. The first-order valence-electron chi connectivity index (χ1n) is 9.01. The Balaban J connectivity index is 1.71. The van der Waals surface area contributed by atoms with E-state index in [1.54, 1.807) is 4.90 Å². The zero-order valence-corrected chi connectivity index (χ0v) is 16.3. The molecule has 3 aromatic rings. The third kappa shape index (κ3) is 5.65. The van der Waals surface area contributed by atoms with Crippen molar-refractivity contribution < 1.29 is 18.7 Å². The van der Waals surface area contributed by atoms with E-state index in [0.29, 0.717) is 13.1 Å². The van der Waals surface area contributed by atoms with Crippen molar-refractivity contribution in [1.29, 1.82) is 0 Å². The van der Waals surface area contributed by atoms with Crippen molar-refractivity contribution >= 4 is 23.5 Å². The first-order valence-corrected chi connectivity index (χ1v) is 9.39. The van der Waals surface area contributed by atoms with E-state index in [2.05, 4.69) is 0 Å². The highest BCUT2D eigenvalue weighted by Gasteiger charge is 2.21. The number of esters is 1. The van der Waals surface area contributed by atoms with Gasteiger partial charge in [0.25, 0.3) is 5.91 Å². The Morgan fingerprint density at radius 1 is 0.828 bits per heavy atom. The van der Waals surface area contributed by atoms with Crippen LogP contribution in [0.15, 0.2) is 78.9 Å². The zero-order valence-electron chi connectivity index (χ0n) is 15.6. The van der Waals surface area contributed by atoms with Gasteiger partial charge in [0.2, 0.25) is 0 Å². The highest BCUT2D eigenvalue weighted by atomic mass is 35.5. The summed E-state index contributed by atoms with van der Waals surface area (Å²) in [4.78, 5) is 26.6. The molecule has 0 saturated heterocycles. The van der Waals surface area contributed by atoms with Gasteiger partial charge in [-0.05, 0) is 23.3 Å². The van der Waals surface area contributed by atoms with Gasteiger partial charge in [0, 0.05) is 13.1 Å². The quantitative estimate of drug-likeness (QED) is 0.521. The molecule has 3 rings (SSSR count). The lowest BCUT2D eigenvalue weighted by Crippen LogP contribution is -2.34. The summed E-state index contributed by atoms with van der Waals surface area (Å²) in [6, 6.07) is 22.9. The van der Waals surface area contributed by atoms with Gasteiger partial charge < -0.3 is 9.64 Å². The van der Waals surface area contributed by atoms with E-state index in [9.17, 15) is 14.0 Å². The summed E-state index contributed by atoms with van der Waals surface area (Å²) >= 11 is 5.88. The van der Waals surface area contributed by atoms with Crippen molar-refractivity contribution in [1.82, 2.24) is 4.90 Å². The molecule has 4 nitrogen and oxygen atoms in total. The Kier molecular flexibility index (Phi) is 6.98. The molecular formula is C23H19ClFNO3. The molecule has 3 aromatic carbocycles. The molecule has 29 heavy (non-hydrogen) atoms. The van der Waals surface area contributed by atoms with Gasteiger partial charge >= 0.3 is 5.97 Å². The van der Waals surface area contributed by atoms with Crippen molar-refractivity contribution in [2.24, 2.45) is 0 Å². The predicted octanol–water partition coefficient (Wildman–Crippen LogP) is 4.86. The van der Waals surface area contributed by atoms with E-state index in [1.165, 1.54) is 12.1 Å². The largest absolute Gasteiger partial charge is 0.452 e. The third-order valence-electron chi connectivity index (χ3n) is 4.28. The first-order chi connectivity index (χ1) is 14.0. The second kappa shape index (κ2) is 9.85. The average molecular weight is 412 g/mol. The maximum absolute atomic E-state index is 13.9. The van der Waals surface area contributed by atoms with Crippen molar-refractivity contribution in [3.05, 3.63) is 106 Å². The van der Waals surface area contributed by atoms with Crippen LogP contribution in [0.2, 0.25) is 5.02 Å². The lowest BCUT2D eigenvalue weighted by molar-refractivity contribution is -0.135. The van der Waals surface area contributed by atoms with Crippen molar-refractivity contribution in [2.45, 2.75) is 13.1 Å². The molecule has 6 heteroatoms. The molecule has 0 fully saturated rings. The number of hydrogen-bond donors (Lipinski definition) is 0. The van der Waals surface area contributed by atoms with Crippen LogP contribution in [0.5, 0.6) is 0 Å². The van der Waals surface area contributed by atoms with Gasteiger partial charge in [-0.15, -0.1) is 0 Å². The number of carbonyl (C=O) groups is 2. The SMILES string of the molecule is O=C(OCC(=O)N(Cc1ccccc1)Cc1ccccc1)c1c(F)cccc1Cl. The van der Waals surface area contributed by atoms with Crippen LogP contribution in [-0.4, -0.2) is 23.4 Å². The van der Waals surface area contributed by atoms with E-state index in [-0.39, 0.29) is 10.6 Å². The van der Waals surface area contributed by atoms with Crippen LogP contribution >= 0.6 is 11.6 Å². The van der Waals surface area contributed by atoms with E-state index >= 15 is 0 Å². The van der Waals surface area contributed by atoms with E-state index < -0.39 is 24.3 Å². The maximum Gasteiger partial charge on any atom is 0.343 e. The summed E-state index contributed by atoms with van der Waals surface area (Å²) in [5, 5.41) is -0.0622. The summed E-state index contributed by atoms with van der Waals surface area (Å²) in [5.74, 6) is -2.15. The molecule has 0 aliphatic rings. The van der Waals surface area contributed by atoms with Gasteiger partial charge in [-0.25, -0.2) is 9.18 Å². The van der Waals surface area contributed by atoms with E-state index in [4.69, 9.17) is 16.3 Å². The van der Waals surface area contributed by atoms with Crippen LogP contribution in [-0.2, 0) is 22.6 Å². The summed E-state index contributed by atoms with van der Waals surface area (Å²) < 4.78 is 18.9. The van der Waals surface area contributed by atoms with Crippen LogP contribution in [0, 0.1) is 5.82 Å². The normalized spacial score (nSPS) is 10.4. The smallest absolute Gasteiger partial charge is 0.343 e. The average Bonchev–Trinajstić information content (AvgIpc) is 2.73. The number of rotatable bonds is 7. The van der Waals surface area contributed by atoms with E-state index in [0.717, 1.165) is 17.2 Å². The Morgan fingerprint density at radius 2 is 1.38 bits per heavy atom. The van der Waals surface area contributed by atoms with Crippen LogP contribution in [0.1, 0.15) is 21.5 Å². The van der Waals surface area contributed by atoms with Gasteiger partial charge in [0.15, 0.2) is 6.61 Å². The second-order valence-electron chi connectivity index (χ2n) is 6.39. The summed E-state index contributed by atoms with van der Waals surface area (Å²) in [5.41, 5.74) is 1.51. The fourth-order valence-corrected chi connectivity index (χ4v) is 3.06. The fourth-order valence-electron chi connectivity index (χ4n) is 2.82. The number of benzene rings is 3. The monoisotopic (exact) mass is 411 g/mol. The fraction of sp³-hybridized carbons (Fsp3) is 0.130. The Labute approximate surface area is 173 Å². The number of nitrogens with zero attached hydrogens (tertiary/aromatic N) is 1. The molecule has 0 aromatic heterocycles. The summed E-state index contributed by atoms with van der Waals surface area (Å²) in [6.45, 7) is 0.197. The summed E-state index contributed by atoms with van der Waals surface area (Å²) in [6.07, 6.45) is 0. The maximum atomic E-state index is 13.9. The minimum atomic E-state index is -0.971. The molecule has 0 unspecified atom stereocenters. The number of carbonyl (C=O) groups excluding carboxylic acids is 2. The van der Waals surface area contributed by atoms with Crippen LogP contribution in [0.25, 0.3) is 0 Å². The Morgan fingerprint density at radius 3 is 1.90 bits per heavy atom. The Hall–Kier alpha value is -3.18.